The van der Waals surface area contributed by atoms with Gasteiger partial charge in [-0.25, -0.2) is 0 Å². The van der Waals surface area contributed by atoms with Crippen molar-refractivity contribution in [2.45, 2.75) is 26.7 Å². The van der Waals surface area contributed by atoms with Gasteiger partial charge in [-0.15, -0.1) is 0 Å². The molecule has 0 saturated carbocycles. The van der Waals surface area contributed by atoms with E-state index in [1.54, 1.807) is 0 Å². The SMILES string of the molecule is C1CCOC1.Cc1cccc(C)n1.[Br-].[Li+]. The van der Waals surface area contributed by atoms with Crippen LogP contribution in [0.3, 0.4) is 0 Å². The van der Waals surface area contributed by atoms with Crippen LogP contribution >= 0.6 is 0 Å². The van der Waals surface area contributed by atoms with Crippen molar-refractivity contribution in [3.63, 3.8) is 0 Å². The van der Waals surface area contributed by atoms with Crippen molar-refractivity contribution in [2.24, 2.45) is 0 Å². The molecule has 1 aliphatic heterocycles. The second-order valence-corrected chi connectivity index (χ2v) is 3.24. The third kappa shape index (κ3) is 9.14. The summed E-state index contributed by atoms with van der Waals surface area (Å²) in [5.41, 5.74) is 2.18. The summed E-state index contributed by atoms with van der Waals surface area (Å²) in [6, 6.07) is 6.00. The van der Waals surface area contributed by atoms with E-state index in [-0.39, 0.29) is 35.8 Å². The fraction of sp³-hybridized carbons (Fsp3) is 0.545. The first-order chi connectivity index (χ1) is 6.29. The van der Waals surface area contributed by atoms with Gasteiger partial charge >= 0.3 is 18.9 Å². The maximum Gasteiger partial charge on any atom is 1.00 e. The molecule has 0 bridgehead atoms. The summed E-state index contributed by atoms with van der Waals surface area (Å²) >= 11 is 0. The third-order valence-corrected chi connectivity index (χ3v) is 1.85. The van der Waals surface area contributed by atoms with Crippen molar-refractivity contribution < 1.29 is 40.6 Å². The van der Waals surface area contributed by atoms with Gasteiger partial charge in [0.25, 0.3) is 0 Å². The number of hydrogen-bond acceptors (Lipinski definition) is 2. The van der Waals surface area contributed by atoms with Gasteiger partial charge in [0.2, 0.25) is 0 Å². The number of ether oxygens (including phenoxy) is 1. The van der Waals surface area contributed by atoms with Gasteiger partial charge in [-0.05, 0) is 38.8 Å². The van der Waals surface area contributed by atoms with E-state index in [0.29, 0.717) is 0 Å². The van der Waals surface area contributed by atoms with Crippen molar-refractivity contribution in [2.75, 3.05) is 13.2 Å². The molecule has 0 unspecified atom stereocenters. The fourth-order valence-corrected chi connectivity index (χ4v) is 1.19. The quantitative estimate of drug-likeness (QED) is 0.455. The maximum absolute atomic E-state index is 4.94. The van der Waals surface area contributed by atoms with E-state index in [2.05, 4.69) is 4.98 Å². The molecule has 1 fully saturated rings. The molecule has 0 aromatic carbocycles. The van der Waals surface area contributed by atoms with Crippen LogP contribution in [0.4, 0.5) is 0 Å². The molecule has 1 saturated heterocycles. The van der Waals surface area contributed by atoms with Gasteiger partial charge in [0.1, 0.15) is 0 Å². The van der Waals surface area contributed by atoms with Crippen LogP contribution in [0.1, 0.15) is 24.2 Å². The molecule has 80 valence electrons. The number of pyridine rings is 1. The zero-order valence-electron chi connectivity index (χ0n) is 9.79. The van der Waals surface area contributed by atoms with E-state index in [9.17, 15) is 0 Å². The Kier molecular flexibility index (Phi) is 12.5. The summed E-state index contributed by atoms with van der Waals surface area (Å²) in [7, 11) is 0. The topological polar surface area (TPSA) is 22.1 Å². The van der Waals surface area contributed by atoms with Crippen molar-refractivity contribution in [1.29, 1.82) is 0 Å². The zero-order valence-corrected chi connectivity index (χ0v) is 11.4. The van der Waals surface area contributed by atoms with Gasteiger partial charge in [-0.3, -0.25) is 4.98 Å². The summed E-state index contributed by atoms with van der Waals surface area (Å²) in [5.74, 6) is 0. The van der Waals surface area contributed by atoms with Gasteiger partial charge in [-0.1, -0.05) is 6.07 Å². The van der Waals surface area contributed by atoms with Crippen LogP contribution in [0, 0.1) is 13.8 Å². The van der Waals surface area contributed by atoms with Crippen LogP contribution in [-0.2, 0) is 4.74 Å². The van der Waals surface area contributed by atoms with Crippen LogP contribution in [0.2, 0.25) is 0 Å². The number of aromatic nitrogens is 1. The van der Waals surface area contributed by atoms with Crippen LogP contribution < -0.4 is 35.8 Å². The summed E-state index contributed by atoms with van der Waals surface area (Å²) in [5, 5.41) is 0. The molecule has 0 aliphatic carbocycles. The Hall–Kier alpha value is 0.187. The van der Waals surface area contributed by atoms with E-state index < -0.39 is 0 Å². The summed E-state index contributed by atoms with van der Waals surface area (Å²) in [4.78, 5) is 4.17. The molecule has 0 amide bonds. The number of rotatable bonds is 0. The molecule has 2 heterocycles. The monoisotopic (exact) mass is 265 g/mol. The Morgan fingerprint density at radius 1 is 1.07 bits per heavy atom. The molecular weight excluding hydrogens is 249 g/mol. The Bertz CT molecular complexity index is 229. The van der Waals surface area contributed by atoms with Gasteiger partial charge in [0.05, 0.1) is 0 Å². The predicted molar refractivity (Wildman–Crippen MR) is 53.8 cm³/mol. The molecule has 15 heavy (non-hydrogen) atoms. The Morgan fingerprint density at radius 2 is 1.53 bits per heavy atom. The molecular formula is C11H17BrLiNO. The average Bonchev–Trinajstić information content (AvgIpc) is 2.59. The average molecular weight is 266 g/mol. The van der Waals surface area contributed by atoms with E-state index in [1.165, 1.54) is 12.8 Å². The predicted octanol–water partition coefficient (Wildman–Crippen LogP) is -3.50. The molecule has 0 spiro atoms. The first-order valence-electron chi connectivity index (χ1n) is 4.77. The minimum atomic E-state index is 0. The summed E-state index contributed by atoms with van der Waals surface area (Å²) < 4.78 is 4.94. The maximum atomic E-state index is 4.94. The van der Waals surface area contributed by atoms with E-state index >= 15 is 0 Å². The number of hydrogen-bond donors (Lipinski definition) is 0. The second-order valence-electron chi connectivity index (χ2n) is 3.24. The Balaban J connectivity index is 0. The van der Waals surface area contributed by atoms with Gasteiger partial charge in [0.15, 0.2) is 0 Å². The Morgan fingerprint density at radius 3 is 1.73 bits per heavy atom. The fourth-order valence-electron chi connectivity index (χ4n) is 1.19. The third-order valence-electron chi connectivity index (χ3n) is 1.85. The van der Waals surface area contributed by atoms with Crippen LogP contribution in [-0.4, -0.2) is 18.2 Å². The van der Waals surface area contributed by atoms with Gasteiger partial charge < -0.3 is 21.7 Å². The standard InChI is InChI=1S/C7H9N.C4H8O.BrH.Li/c1-6-4-3-5-7(2)8-6;1-2-4-5-3-1;;/h3-5H,1-2H3;1-4H2;1H;/q;;;+1/p-1. The van der Waals surface area contributed by atoms with Crippen molar-refractivity contribution in [1.82, 2.24) is 4.98 Å². The van der Waals surface area contributed by atoms with Crippen LogP contribution in [0.5, 0.6) is 0 Å². The molecule has 4 heteroatoms. The number of aryl methyl sites for hydroxylation is 2. The zero-order chi connectivity index (χ0) is 9.52. The molecule has 1 aromatic heterocycles. The molecule has 0 N–H and O–H groups in total. The molecule has 0 radical (unpaired) electrons. The smallest absolute Gasteiger partial charge is 1.00 e. The molecule has 0 atom stereocenters. The van der Waals surface area contributed by atoms with Crippen molar-refractivity contribution in [3.8, 4) is 0 Å². The second kappa shape index (κ2) is 10.7. The first kappa shape index (κ1) is 17.6. The number of nitrogens with zero attached hydrogens (tertiary/aromatic N) is 1. The molecule has 2 nitrogen and oxygen atoms in total. The first-order valence-corrected chi connectivity index (χ1v) is 4.77. The minimum Gasteiger partial charge on any atom is -1.00 e. The Labute approximate surface area is 115 Å². The summed E-state index contributed by atoms with van der Waals surface area (Å²) in [6.45, 7) is 5.99. The van der Waals surface area contributed by atoms with Gasteiger partial charge in [0, 0.05) is 24.6 Å². The largest absolute Gasteiger partial charge is 1.00 e. The summed E-state index contributed by atoms with van der Waals surface area (Å²) in [6.07, 6.45) is 2.56. The normalized spacial score (nSPS) is 12.9. The van der Waals surface area contributed by atoms with Crippen LogP contribution in [0.25, 0.3) is 0 Å². The number of halogens is 1. The van der Waals surface area contributed by atoms with Gasteiger partial charge in [-0.2, -0.15) is 0 Å². The van der Waals surface area contributed by atoms with Crippen molar-refractivity contribution >= 4 is 0 Å². The molecule has 1 aliphatic rings. The van der Waals surface area contributed by atoms with Crippen molar-refractivity contribution in [3.05, 3.63) is 29.6 Å². The molecule has 2 rings (SSSR count). The van der Waals surface area contributed by atoms with Crippen LogP contribution in [0.15, 0.2) is 18.2 Å². The molecule has 1 aromatic rings. The van der Waals surface area contributed by atoms with E-state index in [1.807, 2.05) is 32.0 Å². The minimum absolute atomic E-state index is 0. The van der Waals surface area contributed by atoms with E-state index in [4.69, 9.17) is 4.74 Å². The van der Waals surface area contributed by atoms with E-state index in [0.717, 1.165) is 24.6 Å².